The summed E-state index contributed by atoms with van der Waals surface area (Å²) in [5, 5.41) is 0. The van der Waals surface area contributed by atoms with E-state index in [9.17, 15) is 0 Å². The molecule has 0 heterocycles. The number of hydrogen-bond donors (Lipinski definition) is 1. The van der Waals surface area contributed by atoms with Crippen LogP contribution in [0.2, 0.25) is 0 Å². The third-order valence-corrected chi connectivity index (χ3v) is 2.80. The second kappa shape index (κ2) is 4.11. The van der Waals surface area contributed by atoms with Gasteiger partial charge in [-0.05, 0) is 31.9 Å². The quantitative estimate of drug-likeness (QED) is 0.800. The summed E-state index contributed by atoms with van der Waals surface area (Å²) < 4.78 is 5.38. The molecule has 1 aromatic rings. The normalized spacial score (nSPS) is 14.1. The second-order valence-electron chi connectivity index (χ2n) is 4.14. The molecule has 0 spiro atoms. The molecular formula is C12H19NO. The lowest BCUT2D eigenvalue weighted by Crippen LogP contribution is -2.37. The molecule has 1 aromatic carbocycles. The van der Waals surface area contributed by atoms with Crippen molar-refractivity contribution in [3.63, 3.8) is 0 Å². The Morgan fingerprint density at radius 3 is 2.36 bits per heavy atom. The molecule has 0 aliphatic rings. The zero-order chi connectivity index (χ0) is 10.8. The van der Waals surface area contributed by atoms with E-state index in [0.29, 0.717) is 0 Å². The van der Waals surface area contributed by atoms with Crippen LogP contribution in [0.25, 0.3) is 0 Å². The van der Waals surface area contributed by atoms with Gasteiger partial charge in [0.1, 0.15) is 0 Å². The molecule has 1 unspecified atom stereocenters. The van der Waals surface area contributed by atoms with Gasteiger partial charge in [-0.2, -0.15) is 0 Å². The lowest BCUT2D eigenvalue weighted by atomic mass is 9.90. The van der Waals surface area contributed by atoms with Crippen LogP contribution in [-0.4, -0.2) is 12.7 Å². The molecule has 0 saturated heterocycles. The molecule has 0 amide bonds. The summed E-state index contributed by atoms with van der Waals surface area (Å²) in [6, 6.07) is 8.06. The fourth-order valence-corrected chi connectivity index (χ4v) is 1.44. The largest absolute Gasteiger partial charge is 0.377 e. The van der Waals surface area contributed by atoms with Crippen LogP contribution in [0.1, 0.15) is 31.0 Å². The van der Waals surface area contributed by atoms with E-state index in [4.69, 9.17) is 10.5 Å². The van der Waals surface area contributed by atoms with Crippen LogP contribution in [-0.2, 0) is 4.74 Å². The van der Waals surface area contributed by atoms with Gasteiger partial charge in [-0.3, -0.25) is 0 Å². The van der Waals surface area contributed by atoms with Gasteiger partial charge in [-0.1, -0.05) is 24.3 Å². The van der Waals surface area contributed by atoms with Crippen molar-refractivity contribution in [2.75, 3.05) is 7.11 Å². The molecule has 2 heteroatoms. The van der Waals surface area contributed by atoms with Gasteiger partial charge in [0.15, 0.2) is 0 Å². The zero-order valence-electron chi connectivity index (χ0n) is 9.37. The highest BCUT2D eigenvalue weighted by Gasteiger charge is 2.27. The number of rotatable bonds is 3. The fraction of sp³-hybridized carbons (Fsp3) is 0.500. The third-order valence-electron chi connectivity index (χ3n) is 2.80. The average Bonchev–Trinajstić information content (AvgIpc) is 2.17. The highest BCUT2D eigenvalue weighted by Crippen LogP contribution is 2.27. The summed E-state index contributed by atoms with van der Waals surface area (Å²) in [4.78, 5) is 0. The molecule has 14 heavy (non-hydrogen) atoms. The highest BCUT2D eigenvalue weighted by molar-refractivity contribution is 5.30. The summed E-state index contributed by atoms with van der Waals surface area (Å²) >= 11 is 0. The van der Waals surface area contributed by atoms with Crippen LogP contribution in [0.15, 0.2) is 24.3 Å². The Hall–Kier alpha value is -0.860. The van der Waals surface area contributed by atoms with Gasteiger partial charge in [0, 0.05) is 7.11 Å². The molecule has 0 aromatic heterocycles. The van der Waals surface area contributed by atoms with E-state index in [-0.39, 0.29) is 11.6 Å². The average molecular weight is 193 g/mol. The van der Waals surface area contributed by atoms with Crippen molar-refractivity contribution >= 4 is 0 Å². The molecule has 0 radical (unpaired) electrons. The number of hydrogen-bond acceptors (Lipinski definition) is 2. The van der Waals surface area contributed by atoms with Gasteiger partial charge in [-0.25, -0.2) is 0 Å². The summed E-state index contributed by atoms with van der Waals surface area (Å²) in [6.45, 7) is 6.08. The van der Waals surface area contributed by atoms with Gasteiger partial charge < -0.3 is 10.5 Å². The van der Waals surface area contributed by atoms with Crippen molar-refractivity contribution in [2.24, 2.45) is 5.73 Å². The maximum atomic E-state index is 6.16. The first-order chi connectivity index (χ1) is 6.49. The summed E-state index contributed by atoms with van der Waals surface area (Å²) in [5.41, 5.74) is 8.20. The third kappa shape index (κ3) is 2.14. The van der Waals surface area contributed by atoms with Crippen molar-refractivity contribution in [2.45, 2.75) is 32.4 Å². The Bertz CT molecular complexity index is 307. The number of nitrogens with two attached hydrogens (primary N) is 1. The highest BCUT2D eigenvalue weighted by atomic mass is 16.5. The number of ether oxygens (including phenoxy) is 1. The van der Waals surface area contributed by atoms with Crippen LogP contribution in [0.5, 0.6) is 0 Å². The van der Waals surface area contributed by atoms with E-state index >= 15 is 0 Å². The maximum absolute atomic E-state index is 6.16. The van der Waals surface area contributed by atoms with E-state index < -0.39 is 0 Å². The molecule has 0 fully saturated rings. The first-order valence-electron chi connectivity index (χ1n) is 4.85. The molecule has 0 aliphatic carbocycles. The molecule has 1 atom stereocenters. The van der Waals surface area contributed by atoms with Crippen LogP contribution in [0.4, 0.5) is 0 Å². The molecule has 1 rings (SSSR count). The lowest BCUT2D eigenvalue weighted by Gasteiger charge is -2.31. The molecule has 2 nitrogen and oxygen atoms in total. The smallest absolute Gasteiger partial charge is 0.0814 e. The summed E-state index contributed by atoms with van der Waals surface area (Å²) in [5.74, 6) is 0. The molecule has 0 bridgehead atoms. The van der Waals surface area contributed by atoms with Gasteiger partial charge in [-0.15, -0.1) is 0 Å². The maximum Gasteiger partial charge on any atom is 0.0814 e. The molecule has 2 N–H and O–H groups in total. The van der Waals surface area contributed by atoms with Crippen molar-refractivity contribution < 1.29 is 4.74 Å². The van der Waals surface area contributed by atoms with E-state index in [1.54, 1.807) is 7.11 Å². The summed E-state index contributed by atoms with van der Waals surface area (Å²) in [6.07, 6.45) is 0. The van der Waals surface area contributed by atoms with E-state index in [1.165, 1.54) is 5.56 Å². The Balaban J connectivity index is 3.00. The summed E-state index contributed by atoms with van der Waals surface area (Å²) in [7, 11) is 1.69. The molecular weight excluding hydrogens is 174 g/mol. The standard InChI is InChI=1S/C12H19NO/c1-9-7-5-6-8-10(9)11(13)12(2,3)14-4/h5-8,11H,13H2,1-4H3. The molecule has 0 saturated carbocycles. The topological polar surface area (TPSA) is 35.2 Å². The Morgan fingerprint density at radius 2 is 1.86 bits per heavy atom. The van der Waals surface area contributed by atoms with Crippen LogP contribution >= 0.6 is 0 Å². The number of aryl methyl sites for hydroxylation is 1. The van der Waals surface area contributed by atoms with Crippen molar-refractivity contribution in [3.05, 3.63) is 35.4 Å². The lowest BCUT2D eigenvalue weighted by molar-refractivity contribution is -0.000187. The van der Waals surface area contributed by atoms with E-state index in [0.717, 1.165) is 5.56 Å². The molecule has 0 aliphatic heterocycles. The zero-order valence-corrected chi connectivity index (χ0v) is 9.37. The van der Waals surface area contributed by atoms with Crippen LogP contribution in [0, 0.1) is 6.92 Å². The Morgan fingerprint density at radius 1 is 1.29 bits per heavy atom. The first kappa shape index (κ1) is 11.2. The van der Waals surface area contributed by atoms with Gasteiger partial charge in [0.05, 0.1) is 11.6 Å². The minimum atomic E-state index is -0.327. The van der Waals surface area contributed by atoms with Crippen LogP contribution < -0.4 is 5.73 Å². The van der Waals surface area contributed by atoms with Gasteiger partial charge in [0.25, 0.3) is 0 Å². The first-order valence-corrected chi connectivity index (χ1v) is 4.85. The van der Waals surface area contributed by atoms with Crippen molar-refractivity contribution in [3.8, 4) is 0 Å². The fourth-order valence-electron chi connectivity index (χ4n) is 1.44. The van der Waals surface area contributed by atoms with E-state index in [1.807, 2.05) is 26.0 Å². The van der Waals surface area contributed by atoms with Crippen molar-refractivity contribution in [1.29, 1.82) is 0 Å². The SMILES string of the molecule is COC(C)(C)C(N)c1ccccc1C. The number of benzene rings is 1. The Labute approximate surface area is 86.1 Å². The van der Waals surface area contributed by atoms with E-state index in [2.05, 4.69) is 19.1 Å². The second-order valence-corrected chi connectivity index (χ2v) is 4.14. The monoisotopic (exact) mass is 193 g/mol. The van der Waals surface area contributed by atoms with Crippen LogP contribution in [0.3, 0.4) is 0 Å². The van der Waals surface area contributed by atoms with Gasteiger partial charge in [0.2, 0.25) is 0 Å². The minimum absolute atomic E-state index is 0.0892. The minimum Gasteiger partial charge on any atom is -0.377 e. The predicted octanol–water partition coefficient (Wildman–Crippen LogP) is 2.42. The number of methoxy groups -OCH3 is 1. The molecule has 78 valence electrons. The van der Waals surface area contributed by atoms with Gasteiger partial charge >= 0.3 is 0 Å². The van der Waals surface area contributed by atoms with Crippen molar-refractivity contribution in [1.82, 2.24) is 0 Å². The predicted molar refractivity (Wildman–Crippen MR) is 59.2 cm³/mol. The Kier molecular flexibility index (Phi) is 3.29.